The monoisotopic (exact) mass is 1560 g/mol. The Labute approximate surface area is 642 Å². The molecule has 0 unspecified atom stereocenters. The van der Waals surface area contributed by atoms with Gasteiger partial charge < -0.3 is 46.3 Å². The molecule has 1 N–H and O–H groups in total. The van der Waals surface area contributed by atoms with Crippen molar-refractivity contribution in [2.75, 3.05) is 72.2 Å². The summed E-state index contributed by atoms with van der Waals surface area (Å²) in [5, 5.41) is 6.58. The standard InChI is InChI=1S/C23H24N2O5S.C21H19N3O4S.C20H19NO5S.C19H17NO4/c1-25(2)15-21(31(3,27)28)22(26)17-9-11-20(12-10-17)29-14-13-19-16-30-23(24-19)18-7-5-4-6-8-18;1-29(25,26)19-13-22-24-20(19)15-7-9-18(10-8-15)27-12-11-17-14-28-21(23-17)16-5-3-2-4-6-16;1-27(23,24)14-19(22)15-7-9-18(10-8-15)25-12-11-17-13-26-20(21-17)16-5-3-2-4-6-16;1-22-19(21)15-7-9-17(10-8-15)23-12-11-16-13-24-18(20-16)14-5-3-2-4-6-14/h4-12,15-16H,13-14H2,1-3H3;2-10,13-14H,11-12H2,1H3,(H,22,24);2-10,13H,11-12,14H2,1H3;2-10,13H,11-12H2,1H3. The van der Waals surface area contributed by atoms with Gasteiger partial charge in [-0.05, 0) is 146 Å². The molecule has 0 aliphatic rings. The second kappa shape index (κ2) is 38.8. The number of sulfone groups is 3. The topological polar surface area (TPSA) is 336 Å². The lowest BCUT2D eigenvalue weighted by Crippen LogP contribution is -2.16. The summed E-state index contributed by atoms with van der Waals surface area (Å²) in [6, 6.07) is 65.5. The first-order valence-electron chi connectivity index (χ1n) is 34.5. The van der Waals surface area contributed by atoms with Crippen molar-refractivity contribution in [1.29, 1.82) is 0 Å². The number of allylic oxidation sites excluding steroid dienone is 1. The lowest BCUT2D eigenvalue weighted by atomic mass is 10.1. The van der Waals surface area contributed by atoms with E-state index in [-0.39, 0.29) is 21.3 Å². The molecule has 0 amide bonds. The predicted octanol–water partition coefficient (Wildman–Crippen LogP) is 14.3. The molecular formula is C83H79N7O18S3. The van der Waals surface area contributed by atoms with Crippen molar-refractivity contribution in [1.82, 2.24) is 35.0 Å². The van der Waals surface area contributed by atoms with Crippen molar-refractivity contribution in [2.45, 2.75) is 30.6 Å². The molecule has 0 saturated carbocycles. The minimum atomic E-state index is -3.66. The number of aromatic amines is 1. The number of hydrogen-bond donors (Lipinski definition) is 1. The van der Waals surface area contributed by atoms with Crippen LogP contribution in [-0.4, -0.2) is 150 Å². The summed E-state index contributed by atoms with van der Waals surface area (Å²) in [7, 11) is -5.68. The number of hydrogen-bond acceptors (Lipinski definition) is 24. The van der Waals surface area contributed by atoms with Gasteiger partial charge in [0.15, 0.2) is 35.3 Å². The Kier molecular flexibility index (Phi) is 28.3. The Hall–Kier alpha value is -12.8. The molecule has 0 saturated heterocycles. The summed E-state index contributed by atoms with van der Waals surface area (Å²) in [5.74, 6) is 3.01. The molecule has 572 valence electrons. The van der Waals surface area contributed by atoms with Crippen molar-refractivity contribution in [3.63, 3.8) is 0 Å². The van der Waals surface area contributed by atoms with Crippen LogP contribution < -0.4 is 18.9 Å². The summed E-state index contributed by atoms with van der Waals surface area (Å²) in [6.45, 7) is 1.69. The fourth-order valence-corrected chi connectivity index (χ4v) is 12.7. The molecule has 13 aromatic rings. The van der Waals surface area contributed by atoms with Crippen LogP contribution >= 0.6 is 0 Å². The summed E-state index contributed by atoms with van der Waals surface area (Å²) in [5.41, 5.74) is 9.22. The molecule has 0 aliphatic carbocycles. The number of Topliss-reactive ketones (excluding diaryl/α,β-unsaturated/α-hetero) is 2. The number of aromatic nitrogens is 6. The van der Waals surface area contributed by atoms with Crippen LogP contribution in [0, 0.1) is 0 Å². The van der Waals surface area contributed by atoms with Crippen LogP contribution in [0.4, 0.5) is 0 Å². The van der Waals surface area contributed by atoms with E-state index < -0.39 is 46.8 Å². The number of benzene rings is 8. The molecule has 0 atom stereocenters. The lowest BCUT2D eigenvalue weighted by molar-refractivity contribution is 0.0600. The van der Waals surface area contributed by atoms with E-state index in [2.05, 4.69) is 34.9 Å². The molecular weight excluding hydrogens is 1480 g/mol. The minimum Gasteiger partial charge on any atom is -0.493 e. The molecule has 5 heterocycles. The van der Waals surface area contributed by atoms with Gasteiger partial charge in [0.2, 0.25) is 29.3 Å². The number of rotatable bonds is 30. The number of carbonyl (C=O) groups is 3. The van der Waals surface area contributed by atoms with Gasteiger partial charge in [-0.15, -0.1) is 0 Å². The third-order valence-corrected chi connectivity index (χ3v) is 18.9. The Balaban J connectivity index is 0.000000158. The zero-order chi connectivity index (χ0) is 78.8. The first kappa shape index (κ1) is 80.7. The molecule has 5 aromatic heterocycles. The molecule has 13 rings (SSSR count). The smallest absolute Gasteiger partial charge is 0.337 e. The molecule has 28 heteroatoms. The SMILES string of the molecule is CN(C)C=C(C(=O)c1ccc(OCCc2coc(-c3ccccc3)n2)cc1)S(C)(=O)=O.COC(=O)c1ccc(OCCc2coc(-c3ccccc3)n2)cc1.CS(=O)(=O)CC(=O)c1ccc(OCCc2coc(-c3ccccc3)n2)cc1.CS(=O)(=O)c1cn[nH]c1-c1ccc(OCCc2coc(-c3ccccc3)n2)cc1. The summed E-state index contributed by atoms with van der Waals surface area (Å²) in [6.07, 6.45) is 14.7. The van der Waals surface area contributed by atoms with Crippen molar-refractivity contribution in [3.8, 4) is 80.1 Å². The quantitative estimate of drug-likeness (QED) is 0.0248. The number of carbonyl (C=O) groups excluding carboxylic acids is 3. The van der Waals surface area contributed by atoms with Crippen LogP contribution in [0.3, 0.4) is 0 Å². The lowest BCUT2D eigenvalue weighted by Gasteiger charge is -2.10. The normalized spacial score (nSPS) is 11.3. The van der Waals surface area contributed by atoms with Gasteiger partial charge in [-0.3, -0.25) is 14.7 Å². The molecule has 25 nitrogen and oxygen atoms in total. The van der Waals surface area contributed by atoms with Crippen LogP contribution in [0.2, 0.25) is 0 Å². The van der Waals surface area contributed by atoms with Crippen molar-refractivity contribution in [3.05, 3.63) is 300 Å². The third kappa shape index (κ3) is 24.9. The zero-order valence-corrected chi connectivity index (χ0v) is 63.8. The number of H-pyrrole nitrogens is 1. The van der Waals surface area contributed by atoms with Crippen LogP contribution in [-0.2, 0) is 59.9 Å². The summed E-state index contributed by atoms with van der Waals surface area (Å²) >= 11 is 0. The Morgan fingerprint density at radius 3 is 1.05 bits per heavy atom. The van der Waals surface area contributed by atoms with Crippen LogP contribution in [0.15, 0.2) is 283 Å². The van der Waals surface area contributed by atoms with Gasteiger partial charge in [0, 0.05) is 104 Å². The van der Waals surface area contributed by atoms with Crippen molar-refractivity contribution >= 4 is 47.0 Å². The highest BCUT2D eigenvalue weighted by atomic mass is 32.2. The minimum absolute atomic E-state index is 0.173. The zero-order valence-electron chi connectivity index (χ0n) is 61.4. The van der Waals surface area contributed by atoms with E-state index in [4.69, 9.17) is 36.6 Å². The fourth-order valence-electron chi connectivity index (χ4n) is 10.4. The summed E-state index contributed by atoms with van der Waals surface area (Å²) in [4.78, 5) is 55.1. The van der Waals surface area contributed by atoms with E-state index >= 15 is 0 Å². The van der Waals surface area contributed by atoms with E-state index in [1.807, 2.05) is 121 Å². The number of ketones is 2. The highest BCUT2D eigenvalue weighted by Crippen LogP contribution is 2.29. The number of methoxy groups -OCH3 is 1. The van der Waals surface area contributed by atoms with Gasteiger partial charge in [-0.2, -0.15) is 5.10 Å². The second-order valence-corrected chi connectivity index (χ2v) is 31.1. The maximum atomic E-state index is 12.6. The van der Waals surface area contributed by atoms with Gasteiger partial charge in [0.05, 0.1) is 73.8 Å². The van der Waals surface area contributed by atoms with E-state index in [0.29, 0.717) is 115 Å². The van der Waals surface area contributed by atoms with Gasteiger partial charge in [-0.1, -0.05) is 72.8 Å². The molecule has 0 radical (unpaired) electrons. The predicted molar refractivity (Wildman–Crippen MR) is 417 cm³/mol. The van der Waals surface area contributed by atoms with E-state index in [9.17, 15) is 39.6 Å². The van der Waals surface area contributed by atoms with Crippen molar-refractivity contribution in [2.24, 2.45) is 0 Å². The number of esters is 1. The fraction of sp³-hybridized carbons (Fsp3) is 0.181. The van der Waals surface area contributed by atoms with E-state index in [0.717, 1.165) is 69.4 Å². The number of ether oxygens (including phenoxy) is 5. The average molecular weight is 1560 g/mol. The molecule has 0 aliphatic heterocycles. The molecule has 0 spiro atoms. The Morgan fingerprint density at radius 1 is 0.423 bits per heavy atom. The second-order valence-electron chi connectivity index (χ2n) is 25.0. The largest absolute Gasteiger partial charge is 0.493 e. The highest BCUT2D eigenvalue weighted by molar-refractivity contribution is 7.95. The van der Waals surface area contributed by atoms with E-state index in [1.54, 1.807) is 136 Å². The highest BCUT2D eigenvalue weighted by Gasteiger charge is 2.23. The maximum Gasteiger partial charge on any atom is 0.337 e. The first-order chi connectivity index (χ1) is 53.4. The molecule has 8 aromatic carbocycles. The number of oxazole rings is 4. The Morgan fingerprint density at radius 2 is 0.748 bits per heavy atom. The van der Waals surface area contributed by atoms with E-state index in [1.165, 1.54) is 24.4 Å². The van der Waals surface area contributed by atoms with Crippen molar-refractivity contribution < 1.29 is 81.0 Å². The molecule has 0 bridgehead atoms. The summed E-state index contributed by atoms with van der Waals surface area (Å²) < 4.78 is 119. The number of nitrogens with one attached hydrogen (secondary N) is 1. The maximum absolute atomic E-state index is 12.6. The van der Waals surface area contributed by atoms with Gasteiger partial charge >= 0.3 is 5.97 Å². The first-order valence-corrected chi connectivity index (χ1v) is 40.3. The van der Waals surface area contributed by atoms with Crippen LogP contribution in [0.25, 0.3) is 57.1 Å². The third-order valence-electron chi connectivity index (χ3n) is 15.9. The number of nitrogens with zero attached hydrogens (tertiary/aromatic N) is 6. The Bertz CT molecular complexity index is 5540. The van der Waals surface area contributed by atoms with Crippen LogP contribution in [0.5, 0.6) is 23.0 Å². The molecule has 0 fully saturated rings. The van der Waals surface area contributed by atoms with Gasteiger partial charge in [0.25, 0.3) is 0 Å². The van der Waals surface area contributed by atoms with Gasteiger partial charge in [-0.25, -0.2) is 50.0 Å². The van der Waals surface area contributed by atoms with Crippen LogP contribution in [0.1, 0.15) is 53.8 Å². The average Bonchev–Trinajstić information content (AvgIpc) is 1.74. The molecule has 111 heavy (non-hydrogen) atoms. The van der Waals surface area contributed by atoms with Gasteiger partial charge in [0.1, 0.15) is 63.6 Å².